The molecule has 0 aliphatic heterocycles. The number of carbonyl (C=O) groups excluding carboxylic acids is 1. The molecule has 0 fully saturated rings. The average Bonchev–Trinajstić information content (AvgIpc) is 2.53. The molecule has 0 aromatic heterocycles. The van der Waals surface area contributed by atoms with Crippen LogP contribution < -0.4 is 10.6 Å². The van der Waals surface area contributed by atoms with Crippen LogP contribution in [-0.2, 0) is 11.3 Å². The number of rotatable bonds is 6. The number of hydrogen-bond acceptors (Lipinski definition) is 4. The summed E-state index contributed by atoms with van der Waals surface area (Å²) in [4.78, 5) is 21.6. The fourth-order valence-corrected chi connectivity index (χ4v) is 1.91. The predicted octanol–water partition coefficient (Wildman–Crippen LogP) is 2.77. The van der Waals surface area contributed by atoms with E-state index in [1.165, 1.54) is 6.07 Å². The molecule has 0 aliphatic carbocycles. The number of anilines is 1. The van der Waals surface area contributed by atoms with Crippen LogP contribution in [0.5, 0.6) is 0 Å². The molecule has 0 saturated carbocycles. The number of hydrogen-bond donors (Lipinski definition) is 2. The van der Waals surface area contributed by atoms with Crippen molar-refractivity contribution < 1.29 is 14.1 Å². The van der Waals surface area contributed by atoms with E-state index in [0.29, 0.717) is 12.2 Å². The Morgan fingerprint density at radius 2 is 1.91 bits per heavy atom. The van der Waals surface area contributed by atoms with Crippen LogP contribution in [0, 0.1) is 22.9 Å². The van der Waals surface area contributed by atoms with Gasteiger partial charge in [0.15, 0.2) is 0 Å². The number of carbonyl (C=O) groups is 1. The highest BCUT2D eigenvalue weighted by molar-refractivity contribution is 5.80. The number of nitro groups is 1. The number of nitro benzene ring substituents is 1. The van der Waals surface area contributed by atoms with Crippen LogP contribution in [0.3, 0.4) is 0 Å². The number of nitrogens with one attached hydrogen (secondary N) is 2. The van der Waals surface area contributed by atoms with E-state index < -0.39 is 16.4 Å². The average molecular weight is 317 g/mol. The summed E-state index contributed by atoms with van der Waals surface area (Å²) in [5, 5.41) is 16.1. The highest BCUT2D eigenvalue weighted by Gasteiger charge is 2.14. The highest BCUT2D eigenvalue weighted by Crippen LogP contribution is 2.21. The summed E-state index contributed by atoms with van der Waals surface area (Å²) in [5.41, 5.74) is 1.79. The van der Waals surface area contributed by atoms with E-state index in [2.05, 4.69) is 10.6 Å². The molecule has 7 heteroatoms. The van der Waals surface area contributed by atoms with Crippen molar-refractivity contribution in [1.82, 2.24) is 5.32 Å². The topological polar surface area (TPSA) is 84.3 Å². The van der Waals surface area contributed by atoms with Gasteiger partial charge in [-0.3, -0.25) is 14.9 Å². The van der Waals surface area contributed by atoms with Gasteiger partial charge in [0.25, 0.3) is 0 Å². The fraction of sp³-hybridized carbons (Fsp3) is 0.188. The second kappa shape index (κ2) is 7.35. The molecule has 23 heavy (non-hydrogen) atoms. The number of nitrogens with zero attached hydrogens (tertiary/aromatic N) is 1. The Kier molecular flexibility index (Phi) is 5.24. The Balaban J connectivity index is 1.85. The van der Waals surface area contributed by atoms with Gasteiger partial charge in [-0.2, -0.15) is 4.39 Å². The van der Waals surface area contributed by atoms with Crippen molar-refractivity contribution in [2.24, 2.45) is 0 Å². The van der Waals surface area contributed by atoms with Gasteiger partial charge in [0, 0.05) is 18.3 Å². The van der Waals surface area contributed by atoms with Crippen LogP contribution in [0.25, 0.3) is 0 Å². The van der Waals surface area contributed by atoms with Crippen molar-refractivity contribution in [3.8, 4) is 0 Å². The van der Waals surface area contributed by atoms with Crippen molar-refractivity contribution in [2.45, 2.75) is 13.5 Å². The number of amides is 1. The van der Waals surface area contributed by atoms with Gasteiger partial charge in [-0.05, 0) is 24.6 Å². The number of aryl methyl sites for hydroxylation is 1. The van der Waals surface area contributed by atoms with Crippen LogP contribution in [-0.4, -0.2) is 17.4 Å². The van der Waals surface area contributed by atoms with E-state index in [1.54, 1.807) is 0 Å². The molecular formula is C16H16FN3O3. The molecule has 2 aromatic rings. The third-order valence-corrected chi connectivity index (χ3v) is 3.21. The third kappa shape index (κ3) is 4.77. The summed E-state index contributed by atoms with van der Waals surface area (Å²) in [6.07, 6.45) is 0. The lowest BCUT2D eigenvalue weighted by molar-refractivity contribution is -0.387. The van der Waals surface area contributed by atoms with Crippen LogP contribution in [0.15, 0.2) is 42.5 Å². The first kappa shape index (κ1) is 16.4. The zero-order chi connectivity index (χ0) is 16.8. The van der Waals surface area contributed by atoms with Crippen LogP contribution in [0.4, 0.5) is 15.8 Å². The molecule has 2 rings (SSSR count). The fourth-order valence-electron chi connectivity index (χ4n) is 1.91. The van der Waals surface area contributed by atoms with Gasteiger partial charge in [0.05, 0.1) is 11.5 Å². The standard InChI is InChI=1S/C16H16FN3O3/c1-11-2-4-12(5-3-11)9-19-16(21)10-18-13-6-7-14(17)15(8-13)20(22)23/h2-8,18H,9-10H2,1H3,(H,19,21). The van der Waals surface area contributed by atoms with E-state index >= 15 is 0 Å². The van der Waals surface area contributed by atoms with E-state index in [4.69, 9.17) is 0 Å². The number of benzene rings is 2. The maximum atomic E-state index is 13.2. The Morgan fingerprint density at radius 1 is 1.22 bits per heavy atom. The summed E-state index contributed by atoms with van der Waals surface area (Å²) in [6.45, 7) is 2.31. The van der Waals surface area contributed by atoms with Gasteiger partial charge in [-0.1, -0.05) is 29.8 Å². The Hall–Kier alpha value is -2.96. The van der Waals surface area contributed by atoms with Gasteiger partial charge in [-0.25, -0.2) is 0 Å². The minimum absolute atomic E-state index is 0.0609. The minimum atomic E-state index is -0.913. The van der Waals surface area contributed by atoms with Crippen molar-refractivity contribution in [1.29, 1.82) is 0 Å². The lowest BCUT2D eigenvalue weighted by Gasteiger charge is -2.08. The van der Waals surface area contributed by atoms with Gasteiger partial charge >= 0.3 is 5.69 Å². The summed E-state index contributed by atoms with van der Waals surface area (Å²) < 4.78 is 13.2. The predicted molar refractivity (Wildman–Crippen MR) is 84.6 cm³/mol. The molecule has 0 saturated heterocycles. The lowest BCUT2D eigenvalue weighted by atomic mass is 10.1. The van der Waals surface area contributed by atoms with Crippen LogP contribution in [0.2, 0.25) is 0 Å². The Bertz CT molecular complexity index is 717. The minimum Gasteiger partial charge on any atom is -0.376 e. The van der Waals surface area contributed by atoms with Gasteiger partial charge in [0.2, 0.25) is 11.7 Å². The maximum absolute atomic E-state index is 13.2. The molecule has 0 heterocycles. The molecule has 2 aromatic carbocycles. The quantitative estimate of drug-likeness (QED) is 0.634. The van der Waals surface area contributed by atoms with Crippen molar-refractivity contribution >= 4 is 17.3 Å². The molecule has 120 valence electrons. The SMILES string of the molecule is Cc1ccc(CNC(=O)CNc2ccc(F)c([N+](=O)[O-])c2)cc1. The summed E-state index contributed by atoms with van der Waals surface area (Å²) in [6, 6.07) is 11.1. The van der Waals surface area contributed by atoms with E-state index in [1.807, 2.05) is 31.2 Å². The van der Waals surface area contributed by atoms with Crippen LogP contribution in [0.1, 0.15) is 11.1 Å². The Morgan fingerprint density at radius 3 is 2.57 bits per heavy atom. The van der Waals surface area contributed by atoms with Gasteiger partial charge in [0.1, 0.15) is 0 Å². The first-order chi connectivity index (χ1) is 11.0. The van der Waals surface area contributed by atoms with E-state index in [9.17, 15) is 19.3 Å². The summed E-state index contributed by atoms with van der Waals surface area (Å²) in [7, 11) is 0. The van der Waals surface area contributed by atoms with Crippen molar-refractivity contribution in [2.75, 3.05) is 11.9 Å². The van der Waals surface area contributed by atoms with Gasteiger partial charge in [-0.15, -0.1) is 0 Å². The molecule has 0 bridgehead atoms. The van der Waals surface area contributed by atoms with E-state index in [0.717, 1.165) is 23.3 Å². The second-order valence-electron chi connectivity index (χ2n) is 5.04. The first-order valence-corrected chi connectivity index (χ1v) is 6.96. The van der Waals surface area contributed by atoms with Crippen molar-refractivity contribution in [3.05, 3.63) is 69.5 Å². The molecule has 0 atom stereocenters. The van der Waals surface area contributed by atoms with Crippen molar-refractivity contribution in [3.63, 3.8) is 0 Å². The van der Waals surface area contributed by atoms with Crippen LogP contribution >= 0.6 is 0 Å². The largest absolute Gasteiger partial charge is 0.376 e. The van der Waals surface area contributed by atoms with E-state index in [-0.39, 0.29) is 12.5 Å². The molecule has 0 aliphatic rings. The third-order valence-electron chi connectivity index (χ3n) is 3.21. The normalized spacial score (nSPS) is 10.2. The molecule has 0 radical (unpaired) electrons. The summed E-state index contributed by atoms with van der Waals surface area (Å²) >= 11 is 0. The summed E-state index contributed by atoms with van der Waals surface area (Å²) in [5.74, 6) is -1.18. The zero-order valence-corrected chi connectivity index (χ0v) is 12.5. The molecule has 6 nitrogen and oxygen atoms in total. The number of halogens is 1. The molecule has 2 N–H and O–H groups in total. The molecular weight excluding hydrogens is 301 g/mol. The highest BCUT2D eigenvalue weighted by atomic mass is 19.1. The monoisotopic (exact) mass is 317 g/mol. The molecule has 0 spiro atoms. The Labute approximate surface area is 132 Å². The molecule has 1 amide bonds. The maximum Gasteiger partial charge on any atom is 0.306 e. The molecule has 0 unspecified atom stereocenters. The lowest BCUT2D eigenvalue weighted by Crippen LogP contribution is -2.29. The second-order valence-corrected chi connectivity index (χ2v) is 5.04. The first-order valence-electron chi connectivity index (χ1n) is 6.96. The zero-order valence-electron chi connectivity index (χ0n) is 12.5. The smallest absolute Gasteiger partial charge is 0.306 e. The van der Waals surface area contributed by atoms with Gasteiger partial charge < -0.3 is 10.6 Å².